The number of hydrogen-bond donors (Lipinski definition) is 2. The van der Waals surface area contributed by atoms with Crippen LogP contribution >= 0.6 is 0 Å². The Morgan fingerprint density at radius 1 is 1.25 bits per heavy atom. The van der Waals surface area contributed by atoms with Gasteiger partial charge in [-0.2, -0.15) is 0 Å². The Bertz CT molecular complexity index is 437. The average molecular weight is 215 g/mol. The molecule has 3 nitrogen and oxygen atoms in total. The molecule has 1 unspecified atom stereocenters. The maximum absolute atomic E-state index is 10.9. The van der Waals surface area contributed by atoms with E-state index in [4.69, 9.17) is 5.11 Å². The Balaban J connectivity index is 2.39. The Morgan fingerprint density at radius 2 is 2.00 bits per heavy atom. The molecule has 1 aromatic rings. The minimum absolute atomic E-state index is 0.623. The van der Waals surface area contributed by atoms with Gasteiger partial charge in [0.1, 0.15) is 0 Å². The van der Waals surface area contributed by atoms with Crippen LogP contribution in [0.2, 0.25) is 0 Å². The minimum atomic E-state index is -1.01. The van der Waals surface area contributed by atoms with Crippen molar-refractivity contribution in [2.45, 2.75) is 12.0 Å². The Hall–Kier alpha value is -2.03. The molecule has 16 heavy (non-hydrogen) atoms. The third-order valence-corrected chi connectivity index (χ3v) is 2.69. The fourth-order valence-corrected chi connectivity index (χ4v) is 1.93. The number of carbonyl (C=O) groups is 1. The minimum Gasteiger partial charge on any atom is -0.465 e. The van der Waals surface area contributed by atoms with Crippen LogP contribution < -0.4 is 5.32 Å². The molecule has 1 aliphatic carbocycles. The number of allylic oxidation sites excluding steroid dienone is 2. The lowest BCUT2D eigenvalue weighted by atomic mass is 9.84. The van der Waals surface area contributed by atoms with Crippen LogP contribution in [0.3, 0.4) is 0 Å². The first-order chi connectivity index (χ1) is 7.73. The van der Waals surface area contributed by atoms with Gasteiger partial charge in [0.05, 0.1) is 5.54 Å². The molecule has 1 aliphatic rings. The van der Waals surface area contributed by atoms with Crippen molar-refractivity contribution in [3.63, 3.8) is 0 Å². The third-order valence-electron chi connectivity index (χ3n) is 2.69. The molecule has 1 amide bonds. The molecule has 0 fully saturated rings. The highest BCUT2D eigenvalue weighted by Gasteiger charge is 2.30. The number of hydrogen-bond acceptors (Lipinski definition) is 1. The first-order valence-electron chi connectivity index (χ1n) is 5.14. The fourth-order valence-electron chi connectivity index (χ4n) is 1.93. The van der Waals surface area contributed by atoms with Gasteiger partial charge in [0.2, 0.25) is 0 Å². The zero-order valence-corrected chi connectivity index (χ0v) is 8.76. The van der Waals surface area contributed by atoms with Crippen molar-refractivity contribution in [1.29, 1.82) is 0 Å². The van der Waals surface area contributed by atoms with Crippen LogP contribution in [-0.2, 0) is 5.54 Å². The smallest absolute Gasteiger partial charge is 0.405 e. The topological polar surface area (TPSA) is 49.3 Å². The largest absolute Gasteiger partial charge is 0.465 e. The summed E-state index contributed by atoms with van der Waals surface area (Å²) in [6, 6.07) is 9.60. The Labute approximate surface area is 94.1 Å². The number of carboxylic acid groups (broad SMARTS) is 1. The summed E-state index contributed by atoms with van der Waals surface area (Å²) in [5.74, 6) is 0. The molecule has 82 valence electrons. The van der Waals surface area contributed by atoms with Crippen LogP contribution in [0, 0.1) is 0 Å². The summed E-state index contributed by atoms with van der Waals surface area (Å²) >= 11 is 0. The van der Waals surface area contributed by atoms with E-state index in [1.165, 1.54) is 0 Å². The number of benzene rings is 1. The van der Waals surface area contributed by atoms with Crippen LogP contribution in [0.25, 0.3) is 0 Å². The van der Waals surface area contributed by atoms with Crippen molar-refractivity contribution in [3.8, 4) is 0 Å². The van der Waals surface area contributed by atoms with Crippen molar-refractivity contribution in [2.75, 3.05) is 0 Å². The zero-order valence-electron chi connectivity index (χ0n) is 8.76. The van der Waals surface area contributed by atoms with Gasteiger partial charge in [-0.1, -0.05) is 54.6 Å². The number of nitrogens with one attached hydrogen (secondary N) is 1. The lowest BCUT2D eigenvalue weighted by molar-refractivity contribution is 0.183. The van der Waals surface area contributed by atoms with E-state index in [1.807, 2.05) is 54.6 Å². The van der Waals surface area contributed by atoms with Crippen molar-refractivity contribution in [3.05, 3.63) is 60.2 Å². The predicted molar refractivity (Wildman–Crippen MR) is 62.2 cm³/mol. The van der Waals surface area contributed by atoms with Gasteiger partial charge in [-0.15, -0.1) is 0 Å². The van der Waals surface area contributed by atoms with Gasteiger partial charge in [-0.05, 0) is 12.0 Å². The zero-order chi connectivity index (χ0) is 11.4. The van der Waals surface area contributed by atoms with Gasteiger partial charge in [-0.25, -0.2) is 4.79 Å². The van der Waals surface area contributed by atoms with Gasteiger partial charge in [-0.3, -0.25) is 0 Å². The van der Waals surface area contributed by atoms with Gasteiger partial charge in [0.25, 0.3) is 0 Å². The predicted octanol–water partition coefficient (Wildman–Crippen LogP) is 2.67. The van der Waals surface area contributed by atoms with E-state index in [2.05, 4.69) is 5.32 Å². The summed E-state index contributed by atoms with van der Waals surface area (Å²) in [5, 5.41) is 11.5. The van der Waals surface area contributed by atoms with Crippen molar-refractivity contribution in [1.82, 2.24) is 5.32 Å². The van der Waals surface area contributed by atoms with Crippen LogP contribution in [0.5, 0.6) is 0 Å². The standard InChI is InChI=1S/C13H13NO2/c15-12(16)14-13(9-5-2-6-10-13)11-7-3-1-4-8-11/h1-9,14H,10H2,(H,15,16). The van der Waals surface area contributed by atoms with Crippen LogP contribution in [0.1, 0.15) is 12.0 Å². The molecular formula is C13H13NO2. The number of rotatable bonds is 2. The van der Waals surface area contributed by atoms with Crippen LogP contribution in [-0.4, -0.2) is 11.2 Å². The monoisotopic (exact) mass is 215 g/mol. The molecule has 2 rings (SSSR count). The second-order valence-electron chi connectivity index (χ2n) is 3.76. The lowest BCUT2D eigenvalue weighted by Gasteiger charge is -2.31. The molecule has 0 aliphatic heterocycles. The average Bonchev–Trinajstić information content (AvgIpc) is 2.30. The van der Waals surface area contributed by atoms with Crippen LogP contribution in [0.4, 0.5) is 4.79 Å². The summed E-state index contributed by atoms with van der Waals surface area (Å²) in [5.41, 5.74) is 0.333. The number of amides is 1. The maximum atomic E-state index is 10.9. The van der Waals surface area contributed by atoms with Gasteiger partial charge >= 0.3 is 6.09 Å². The van der Waals surface area contributed by atoms with E-state index in [0.29, 0.717) is 6.42 Å². The Morgan fingerprint density at radius 3 is 2.56 bits per heavy atom. The van der Waals surface area contributed by atoms with E-state index in [9.17, 15) is 4.79 Å². The van der Waals surface area contributed by atoms with E-state index < -0.39 is 11.6 Å². The molecule has 0 heterocycles. The van der Waals surface area contributed by atoms with Crippen molar-refractivity contribution < 1.29 is 9.90 Å². The van der Waals surface area contributed by atoms with Crippen molar-refractivity contribution >= 4 is 6.09 Å². The molecule has 0 bridgehead atoms. The summed E-state index contributed by atoms with van der Waals surface area (Å²) in [6.07, 6.45) is 7.26. The molecule has 2 N–H and O–H groups in total. The second-order valence-corrected chi connectivity index (χ2v) is 3.76. The molecule has 0 saturated carbocycles. The van der Waals surface area contributed by atoms with Gasteiger partial charge < -0.3 is 10.4 Å². The summed E-state index contributed by atoms with van der Waals surface area (Å²) in [6.45, 7) is 0. The molecule has 0 aromatic heterocycles. The summed E-state index contributed by atoms with van der Waals surface area (Å²) < 4.78 is 0. The highest BCUT2D eigenvalue weighted by molar-refractivity contribution is 5.67. The van der Waals surface area contributed by atoms with E-state index in [-0.39, 0.29) is 0 Å². The quantitative estimate of drug-likeness (QED) is 0.796. The first kappa shape index (κ1) is 10.5. The summed E-state index contributed by atoms with van der Waals surface area (Å²) in [4.78, 5) is 10.9. The summed E-state index contributed by atoms with van der Waals surface area (Å²) in [7, 11) is 0. The fraction of sp³-hybridized carbons (Fsp3) is 0.154. The molecule has 1 atom stereocenters. The van der Waals surface area contributed by atoms with Gasteiger partial charge in [0, 0.05) is 0 Å². The van der Waals surface area contributed by atoms with E-state index in [0.717, 1.165) is 5.56 Å². The molecule has 0 radical (unpaired) electrons. The molecule has 1 aromatic carbocycles. The van der Waals surface area contributed by atoms with Crippen LogP contribution in [0.15, 0.2) is 54.6 Å². The molecular weight excluding hydrogens is 202 g/mol. The SMILES string of the molecule is O=C(O)NC1(c2ccccc2)C=CC=CC1. The first-order valence-corrected chi connectivity index (χ1v) is 5.14. The van der Waals surface area contributed by atoms with Crippen molar-refractivity contribution in [2.24, 2.45) is 0 Å². The molecule has 3 heteroatoms. The normalized spacial score (nSPS) is 23.0. The van der Waals surface area contributed by atoms with E-state index in [1.54, 1.807) is 0 Å². The second kappa shape index (κ2) is 4.23. The molecule has 0 spiro atoms. The maximum Gasteiger partial charge on any atom is 0.405 e. The molecule has 0 saturated heterocycles. The Kier molecular flexibility index (Phi) is 2.77. The van der Waals surface area contributed by atoms with Gasteiger partial charge in [0.15, 0.2) is 0 Å². The lowest BCUT2D eigenvalue weighted by Crippen LogP contribution is -2.44. The highest BCUT2D eigenvalue weighted by Crippen LogP contribution is 2.29. The third kappa shape index (κ3) is 1.98. The highest BCUT2D eigenvalue weighted by atomic mass is 16.4. The van der Waals surface area contributed by atoms with E-state index >= 15 is 0 Å².